The molecule has 0 amide bonds. The number of rotatable bonds is 3. The number of aryl methyl sites for hydroxylation is 1. The fourth-order valence-corrected chi connectivity index (χ4v) is 1.90. The predicted octanol–water partition coefficient (Wildman–Crippen LogP) is 2.34. The predicted molar refractivity (Wildman–Crippen MR) is 61.3 cm³/mol. The molecule has 0 bridgehead atoms. The maximum atomic E-state index is 11.0. The van der Waals surface area contributed by atoms with Crippen LogP contribution in [0.25, 0.3) is 10.9 Å². The van der Waals surface area contributed by atoms with E-state index in [2.05, 4.69) is 4.98 Å². The lowest BCUT2D eigenvalue weighted by Crippen LogP contribution is -2.00. The van der Waals surface area contributed by atoms with Crippen molar-refractivity contribution in [1.29, 1.82) is 0 Å². The molecule has 0 aliphatic carbocycles. The van der Waals surface area contributed by atoms with Crippen LogP contribution in [0.5, 0.6) is 0 Å². The zero-order valence-electron chi connectivity index (χ0n) is 9.06. The Morgan fingerprint density at radius 1 is 1.53 bits per heavy atom. The van der Waals surface area contributed by atoms with E-state index in [1.807, 2.05) is 6.92 Å². The van der Waals surface area contributed by atoms with E-state index in [4.69, 9.17) is 5.11 Å². The number of H-pyrrole nitrogens is 1. The summed E-state index contributed by atoms with van der Waals surface area (Å²) in [5.41, 5.74) is 1.26. The minimum atomic E-state index is -1.05. The summed E-state index contributed by atoms with van der Waals surface area (Å²) in [6, 6.07) is 4.28. The van der Waals surface area contributed by atoms with Crippen molar-refractivity contribution < 1.29 is 14.8 Å². The van der Waals surface area contributed by atoms with Gasteiger partial charge in [0.25, 0.3) is 5.69 Å². The minimum absolute atomic E-state index is 0.0388. The molecule has 0 unspecified atom stereocenters. The summed E-state index contributed by atoms with van der Waals surface area (Å²) in [6.45, 7) is 1.81. The van der Waals surface area contributed by atoms with Gasteiger partial charge in [0.2, 0.25) is 0 Å². The van der Waals surface area contributed by atoms with Crippen LogP contribution in [0.2, 0.25) is 0 Å². The van der Waals surface area contributed by atoms with Crippen LogP contribution in [0, 0.1) is 10.1 Å². The molecule has 0 atom stereocenters. The summed E-state index contributed by atoms with van der Waals surface area (Å²) >= 11 is 0. The summed E-state index contributed by atoms with van der Waals surface area (Å²) in [4.78, 5) is 23.9. The molecule has 2 aromatic rings. The number of nitro benzene ring substituents is 1. The van der Waals surface area contributed by atoms with Crippen LogP contribution in [0.15, 0.2) is 18.2 Å². The Hall–Kier alpha value is -2.37. The topological polar surface area (TPSA) is 96.2 Å². The first-order valence-corrected chi connectivity index (χ1v) is 5.07. The molecule has 0 aliphatic rings. The highest BCUT2D eigenvalue weighted by atomic mass is 16.6. The van der Waals surface area contributed by atoms with Gasteiger partial charge in [-0.15, -0.1) is 0 Å². The van der Waals surface area contributed by atoms with Gasteiger partial charge < -0.3 is 10.1 Å². The van der Waals surface area contributed by atoms with Gasteiger partial charge in [0.1, 0.15) is 5.69 Å². The number of carboxylic acid groups (broad SMARTS) is 1. The van der Waals surface area contributed by atoms with Gasteiger partial charge in [-0.2, -0.15) is 0 Å². The molecule has 0 spiro atoms. The number of carboxylic acids is 1. The van der Waals surface area contributed by atoms with Crippen LogP contribution < -0.4 is 0 Å². The number of nitro groups is 1. The Morgan fingerprint density at radius 2 is 2.24 bits per heavy atom. The Labute approximate surface area is 96.0 Å². The summed E-state index contributed by atoms with van der Waals surface area (Å²) in [6.07, 6.45) is 0.503. The molecule has 2 rings (SSSR count). The van der Waals surface area contributed by atoms with Crippen molar-refractivity contribution in [3.05, 3.63) is 39.6 Å². The molecule has 88 valence electrons. The van der Waals surface area contributed by atoms with Gasteiger partial charge in [-0.1, -0.05) is 6.92 Å². The van der Waals surface area contributed by atoms with Crippen molar-refractivity contribution >= 4 is 22.6 Å². The highest BCUT2D eigenvalue weighted by Crippen LogP contribution is 2.27. The maximum absolute atomic E-state index is 11.0. The highest BCUT2D eigenvalue weighted by molar-refractivity contribution is 5.98. The van der Waals surface area contributed by atoms with E-state index in [0.29, 0.717) is 22.9 Å². The zero-order valence-corrected chi connectivity index (χ0v) is 9.06. The van der Waals surface area contributed by atoms with Crippen LogP contribution >= 0.6 is 0 Å². The van der Waals surface area contributed by atoms with Gasteiger partial charge in [-0.3, -0.25) is 10.1 Å². The number of aromatic carboxylic acids is 1. The third kappa shape index (κ3) is 1.73. The second kappa shape index (κ2) is 3.89. The summed E-state index contributed by atoms with van der Waals surface area (Å²) in [5.74, 6) is -1.05. The van der Waals surface area contributed by atoms with Crippen LogP contribution in [-0.2, 0) is 6.42 Å². The van der Waals surface area contributed by atoms with Gasteiger partial charge in [-0.05, 0) is 18.1 Å². The number of benzene rings is 1. The molecule has 0 radical (unpaired) electrons. The van der Waals surface area contributed by atoms with Crippen molar-refractivity contribution in [3.8, 4) is 0 Å². The monoisotopic (exact) mass is 234 g/mol. The second-order valence-corrected chi connectivity index (χ2v) is 3.62. The van der Waals surface area contributed by atoms with Crippen molar-refractivity contribution in [2.24, 2.45) is 0 Å². The standard InChI is InChI=1S/C11H10N2O4/c1-2-7-8-5-6(13(16)17)3-4-9(8)12-10(7)11(14)15/h3-5,12H,2H2,1H3,(H,14,15). The first-order chi connectivity index (χ1) is 8.04. The van der Waals surface area contributed by atoms with Gasteiger partial charge in [0.05, 0.1) is 4.92 Å². The molecular formula is C11H10N2O4. The molecule has 17 heavy (non-hydrogen) atoms. The van der Waals surface area contributed by atoms with E-state index in [-0.39, 0.29) is 11.4 Å². The third-order valence-corrected chi connectivity index (χ3v) is 2.67. The molecule has 0 saturated heterocycles. The van der Waals surface area contributed by atoms with Crippen molar-refractivity contribution in [1.82, 2.24) is 4.98 Å². The molecular weight excluding hydrogens is 224 g/mol. The second-order valence-electron chi connectivity index (χ2n) is 3.62. The van der Waals surface area contributed by atoms with Crippen molar-refractivity contribution in [3.63, 3.8) is 0 Å². The summed E-state index contributed by atoms with van der Waals surface area (Å²) < 4.78 is 0. The van der Waals surface area contributed by atoms with Crippen LogP contribution in [0.3, 0.4) is 0 Å². The fraction of sp³-hybridized carbons (Fsp3) is 0.182. The van der Waals surface area contributed by atoms with Crippen LogP contribution in [-0.4, -0.2) is 21.0 Å². The number of non-ortho nitro benzene ring substituents is 1. The number of hydrogen-bond acceptors (Lipinski definition) is 3. The molecule has 6 nitrogen and oxygen atoms in total. The number of aromatic amines is 1. The van der Waals surface area contributed by atoms with Gasteiger partial charge in [0, 0.05) is 23.0 Å². The van der Waals surface area contributed by atoms with E-state index >= 15 is 0 Å². The number of hydrogen-bond donors (Lipinski definition) is 2. The largest absolute Gasteiger partial charge is 0.477 e. The lowest BCUT2D eigenvalue weighted by Gasteiger charge is -1.96. The highest BCUT2D eigenvalue weighted by Gasteiger charge is 2.17. The number of nitrogens with one attached hydrogen (secondary N) is 1. The SMILES string of the molecule is CCc1c(C(=O)O)[nH]c2ccc([N+](=O)[O-])cc12. The third-order valence-electron chi connectivity index (χ3n) is 2.67. The fourth-order valence-electron chi connectivity index (χ4n) is 1.90. The van der Waals surface area contributed by atoms with Crippen molar-refractivity contribution in [2.45, 2.75) is 13.3 Å². The molecule has 1 aromatic carbocycles. The number of fused-ring (bicyclic) bond motifs is 1. The summed E-state index contributed by atoms with van der Waals surface area (Å²) in [7, 11) is 0. The molecule has 6 heteroatoms. The molecule has 2 N–H and O–H groups in total. The Bertz CT molecular complexity index is 615. The van der Waals surface area contributed by atoms with E-state index in [1.54, 1.807) is 0 Å². The molecule has 1 aromatic heterocycles. The molecule has 0 fully saturated rings. The average Bonchev–Trinajstić information content (AvgIpc) is 2.66. The Morgan fingerprint density at radius 3 is 2.76 bits per heavy atom. The van der Waals surface area contributed by atoms with Crippen LogP contribution in [0.4, 0.5) is 5.69 Å². The summed E-state index contributed by atoms with van der Waals surface area (Å²) in [5, 5.41) is 20.3. The lowest BCUT2D eigenvalue weighted by atomic mass is 10.1. The van der Waals surface area contributed by atoms with Crippen LogP contribution in [0.1, 0.15) is 23.0 Å². The minimum Gasteiger partial charge on any atom is -0.477 e. The number of nitrogens with zero attached hydrogens (tertiary/aromatic N) is 1. The molecule has 1 heterocycles. The quantitative estimate of drug-likeness (QED) is 0.629. The zero-order chi connectivity index (χ0) is 12.6. The van der Waals surface area contributed by atoms with E-state index in [0.717, 1.165) is 0 Å². The first kappa shape index (κ1) is 11.1. The van der Waals surface area contributed by atoms with Gasteiger partial charge >= 0.3 is 5.97 Å². The van der Waals surface area contributed by atoms with E-state index in [1.165, 1.54) is 18.2 Å². The van der Waals surface area contributed by atoms with Gasteiger partial charge in [-0.25, -0.2) is 4.79 Å². The van der Waals surface area contributed by atoms with E-state index < -0.39 is 10.9 Å². The Balaban J connectivity index is 2.75. The van der Waals surface area contributed by atoms with Gasteiger partial charge in [0.15, 0.2) is 0 Å². The average molecular weight is 234 g/mol. The maximum Gasteiger partial charge on any atom is 0.352 e. The smallest absolute Gasteiger partial charge is 0.352 e. The molecule has 0 saturated carbocycles. The van der Waals surface area contributed by atoms with E-state index in [9.17, 15) is 14.9 Å². The number of aromatic nitrogens is 1. The van der Waals surface area contributed by atoms with Crippen molar-refractivity contribution in [2.75, 3.05) is 0 Å². The Kier molecular flexibility index (Phi) is 2.55. The molecule has 0 aliphatic heterocycles. The first-order valence-electron chi connectivity index (χ1n) is 5.07. The lowest BCUT2D eigenvalue weighted by molar-refractivity contribution is -0.384. The normalized spacial score (nSPS) is 10.6. The number of carbonyl (C=O) groups is 1.